The van der Waals surface area contributed by atoms with Crippen LogP contribution in [0.5, 0.6) is 0 Å². The lowest BCUT2D eigenvalue weighted by atomic mass is 9.60. The third-order valence-electron chi connectivity index (χ3n) is 9.20. The lowest BCUT2D eigenvalue weighted by molar-refractivity contribution is 0.669. The molecule has 0 spiro atoms. The second-order valence-electron chi connectivity index (χ2n) is 12.0. The van der Waals surface area contributed by atoms with Crippen molar-refractivity contribution < 1.29 is 4.42 Å². The molecule has 3 heterocycles. The first-order chi connectivity index (χ1) is 23.9. The highest BCUT2D eigenvalue weighted by molar-refractivity contribution is 7.26. The van der Waals surface area contributed by atoms with E-state index in [1.807, 2.05) is 72.0 Å². The zero-order valence-corrected chi connectivity index (χ0v) is 26.9. The molecule has 0 atom stereocenters. The van der Waals surface area contributed by atoms with Gasteiger partial charge in [0.15, 0.2) is 5.82 Å². The maximum absolute atomic E-state index is 6.52. The fourth-order valence-corrected chi connectivity index (χ4v) is 7.97. The van der Waals surface area contributed by atoms with Crippen molar-refractivity contribution in [2.45, 2.75) is 0 Å². The number of hydrogen-bond acceptors (Lipinski definition) is 4. The predicted molar refractivity (Wildman–Crippen MR) is 211 cm³/mol. The summed E-state index contributed by atoms with van der Waals surface area (Å²) in [6, 6.07) is 39.0. The lowest BCUT2D eigenvalue weighted by Crippen LogP contribution is -2.55. The zero-order valence-electron chi connectivity index (χ0n) is 26.1. The molecule has 0 saturated heterocycles. The Bertz CT molecular complexity index is 2760. The maximum Gasteiger partial charge on any atom is 0.160 e. The molecule has 49 heavy (non-hydrogen) atoms. The molecule has 0 unspecified atom stereocenters. The van der Waals surface area contributed by atoms with Gasteiger partial charge in [-0.15, -0.1) is 27.7 Å². The van der Waals surface area contributed by atoms with E-state index in [0.29, 0.717) is 22.8 Å². The van der Waals surface area contributed by atoms with Gasteiger partial charge >= 0.3 is 0 Å². The van der Waals surface area contributed by atoms with E-state index in [-0.39, 0.29) is 27.3 Å². The number of hydrogen-bond donors (Lipinski definition) is 0. The van der Waals surface area contributed by atoms with Crippen LogP contribution in [-0.4, -0.2) is 49.2 Å². The van der Waals surface area contributed by atoms with E-state index < -0.39 is 0 Å². The van der Waals surface area contributed by atoms with E-state index in [1.165, 1.54) is 25.7 Å². The minimum absolute atomic E-state index is 0.148. The molecule has 10 radical (unpaired) electrons. The normalized spacial score (nSPS) is 11.7. The summed E-state index contributed by atoms with van der Waals surface area (Å²) in [7, 11) is 31.6. The van der Waals surface area contributed by atoms with Crippen molar-refractivity contribution >= 4 is 120 Å². The van der Waals surface area contributed by atoms with Crippen LogP contribution in [0, 0.1) is 0 Å². The molecule has 0 aliphatic heterocycles. The maximum atomic E-state index is 6.52. The highest BCUT2D eigenvalue weighted by Gasteiger charge is 2.20. The molecule has 9 rings (SSSR count). The highest BCUT2D eigenvalue weighted by Crippen LogP contribution is 2.44. The molecule has 0 N–H and O–H groups in total. The Morgan fingerprint density at radius 2 is 1.16 bits per heavy atom. The van der Waals surface area contributed by atoms with Crippen LogP contribution in [-0.2, 0) is 0 Å². The first-order valence-electron chi connectivity index (χ1n) is 15.7. The van der Waals surface area contributed by atoms with Crippen LogP contribution >= 0.6 is 11.3 Å². The van der Waals surface area contributed by atoms with Gasteiger partial charge in [0.25, 0.3) is 0 Å². The van der Waals surface area contributed by atoms with Gasteiger partial charge < -0.3 is 4.42 Å². The van der Waals surface area contributed by atoms with Gasteiger partial charge in [0.05, 0.1) is 11.4 Å². The predicted octanol–water partition coefficient (Wildman–Crippen LogP) is 5.38. The molecule has 0 fully saturated rings. The quantitative estimate of drug-likeness (QED) is 0.246. The molecule has 0 aliphatic carbocycles. The fourth-order valence-electron chi connectivity index (χ4n) is 6.74. The van der Waals surface area contributed by atoms with E-state index in [1.54, 1.807) is 0 Å². The molecule has 216 valence electrons. The van der Waals surface area contributed by atoms with Gasteiger partial charge in [0, 0.05) is 47.6 Å². The second kappa shape index (κ2) is 11.4. The number of rotatable bonds is 4. The average molecular weight is 630 g/mol. The van der Waals surface area contributed by atoms with Crippen molar-refractivity contribution in [3.05, 3.63) is 115 Å². The summed E-state index contributed by atoms with van der Waals surface area (Å²) in [5, 5.41) is 4.58. The summed E-state index contributed by atoms with van der Waals surface area (Å²) < 4.78 is 9.04. The minimum Gasteiger partial charge on any atom is -0.456 e. The Kier molecular flexibility index (Phi) is 6.96. The average Bonchev–Trinajstić information content (AvgIpc) is 3.72. The van der Waals surface area contributed by atoms with Crippen LogP contribution in [0.1, 0.15) is 0 Å². The molecule has 6 aromatic carbocycles. The monoisotopic (exact) mass is 630 g/mol. The number of aromatic nitrogens is 2. The number of thiophene rings is 1. The van der Waals surface area contributed by atoms with E-state index >= 15 is 0 Å². The smallest absolute Gasteiger partial charge is 0.160 e. The van der Waals surface area contributed by atoms with Crippen LogP contribution in [0.2, 0.25) is 0 Å². The third kappa shape index (κ3) is 4.71. The van der Waals surface area contributed by atoms with Gasteiger partial charge in [-0.2, -0.15) is 0 Å². The minimum atomic E-state index is 0.148. The second-order valence-corrected chi connectivity index (χ2v) is 13.1. The van der Waals surface area contributed by atoms with E-state index in [0.717, 1.165) is 38.6 Å². The Hall–Kier alpha value is -5.26. The van der Waals surface area contributed by atoms with Crippen molar-refractivity contribution in [1.82, 2.24) is 9.97 Å². The van der Waals surface area contributed by atoms with E-state index in [9.17, 15) is 0 Å². The molecule has 9 heteroatoms. The molecule has 0 saturated carbocycles. The van der Waals surface area contributed by atoms with Gasteiger partial charge in [0.1, 0.15) is 50.4 Å². The summed E-state index contributed by atoms with van der Waals surface area (Å²) in [4.78, 5) is 9.93. The Morgan fingerprint density at radius 3 is 1.98 bits per heavy atom. The van der Waals surface area contributed by atoms with Gasteiger partial charge in [-0.25, -0.2) is 9.97 Å². The van der Waals surface area contributed by atoms with Gasteiger partial charge in [-0.05, 0) is 41.5 Å². The first kappa shape index (κ1) is 29.9. The van der Waals surface area contributed by atoms with E-state index in [2.05, 4.69) is 54.6 Å². The number of nitrogens with zero attached hydrogens (tertiary/aromatic N) is 2. The largest absolute Gasteiger partial charge is 0.456 e. The molecule has 0 amide bonds. The molecule has 0 bridgehead atoms. The molecule has 0 aliphatic rings. The van der Waals surface area contributed by atoms with Crippen LogP contribution in [0.3, 0.4) is 0 Å². The van der Waals surface area contributed by atoms with Gasteiger partial charge in [-0.3, -0.25) is 0 Å². The standard InChI is InChI=1S/C40H19B5N2OS/c41-34-33(35(42)37(44)38(45)36(34)43)28-19-27(20-8-2-1-3-9-20)46-40(47-28)21-16-17-26-30(18-21)48-29-14-7-11-23(32(26)29)25-13-6-12-24-22-10-4-5-15-31(22)49-39(24)25/h1-19H. The van der Waals surface area contributed by atoms with Crippen molar-refractivity contribution in [1.29, 1.82) is 0 Å². The number of furan rings is 1. The van der Waals surface area contributed by atoms with Crippen molar-refractivity contribution in [3.63, 3.8) is 0 Å². The van der Waals surface area contributed by atoms with Crippen molar-refractivity contribution in [2.24, 2.45) is 0 Å². The fraction of sp³-hybridized carbons (Fsp3) is 0. The Morgan fingerprint density at radius 1 is 0.490 bits per heavy atom. The Labute approximate surface area is 293 Å². The van der Waals surface area contributed by atoms with Crippen molar-refractivity contribution in [2.75, 3.05) is 0 Å². The van der Waals surface area contributed by atoms with E-state index in [4.69, 9.17) is 53.6 Å². The van der Waals surface area contributed by atoms with Crippen LogP contribution in [0.15, 0.2) is 120 Å². The Balaban J connectivity index is 1.24. The SMILES string of the molecule is [B]c1c([B])c([B])c(-c2cc(-c3ccccc3)nc(-c3ccc4c(c3)oc3cccc(-c5cccc6c5sc5ccccc56)c34)n2)c([B])c1[B]. The summed E-state index contributed by atoms with van der Waals surface area (Å²) in [6.45, 7) is 0. The molecular formula is C40H19B5N2OS. The molecule has 3 nitrogen and oxygen atoms in total. The summed E-state index contributed by atoms with van der Waals surface area (Å²) >= 11 is 1.82. The molecule has 9 aromatic rings. The molecule has 3 aromatic heterocycles. The van der Waals surface area contributed by atoms with Gasteiger partial charge in [-0.1, -0.05) is 95.9 Å². The lowest BCUT2D eigenvalue weighted by Gasteiger charge is -2.21. The van der Waals surface area contributed by atoms with Crippen LogP contribution in [0.25, 0.3) is 87.1 Å². The number of benzene rings is 6. The first-order valence-corrected chi connectivity index (χ1v) is 16.5. The molecular weight excluding hydrogens is 611 g/mol. The third-order valence-corrected chi connectivity index (χ3v) is 10.4. The summed E-state index contributed by atoms with van der Waals surface area (Å²) in [5.41, 5.74) is 7.92. The topological polar surface area (TPSA) is 38.9 Å². The van der Waals surface area contributed by atoms with Crippen molar-refractivity contribution in [3.8, 4) is 45.0 Å². The van der Waals surface area contributed by atoms with Gasteiger partial charge in [0.2, 0.25) is 0 Å². The highest BCUT2D eigenvalue weighted by atomic mass is 32.1. The zero-order chi connectivity index (χ0) is 33.4. The van der Waals surface area contributed by atoms with Crippen LogP contribution in [0.4, 0.5) is 0 Å². The summed E-state index contributed by atoms with van der Waals surface area (Å²) in [5.74, 6) is 0.460. The summed E-state index contributed by atoms with van der Waals surface area (Å²) in [6.07, 6.45) is 0. The van der Waals surface area contributed by atoms with Crippen LogP contribution < -0.4 is 27.3 Å². The number of fused-ring (bicyclic) bond motifs is 6.